The van der Waals surface area contributed by atoms with Crippen LogP contribution in [0.3, 0.4) is 0 Å². The minimum atomic E-state index is -3.82. The van der Waals surface area contributed by atoms with Gasteiger partial charge in [0.2, 0.25) is 15.9 Å². The monoisotopic (exact) mass is 320 g/mol. The van der Waals surface area contributed by atoms with Crippen LogP contribution in [0.4, 0.5) is 0 Å². The summed E-state index contributed by atoms with van der Waals surface area (Å²) in [5, 5.41) is 1.57. The second-order valence-corrected chi connectivity index (χ2v) is 6.62. The Labute approximate surface area is 121 Å². The molecule has 1 rings (SSSR count). The highest BCUT2D eigenvalue weighted by atomic mass is 32.2. The molecular weight excluding hydrogens is 304 g/mol. The van der Waals surface area contributed by atoms with Crippen molar-refractivity contribution in [2.45, 2.75) is 24.7 Å². The molecule has 0 aromatic carbocycles. The number of hydrogen-bond acceptors (Lipinski definition) is 6. The number of nitrogens with one attached hydrogen (secondary N) is 1. The highest BCUT2D eigenvalue weighted by molar-refractivity contribution is 7.89. The third-order valence-corrected chi connectivity index (χ3v) is 5.30. The summed E-state index contributed by atoms with van der Waals surface area (Å²) in [7, 11) is -2.64. The van der Waals surface area contributed by atoms with E-state index in [4.69, 9.17) is 5.73 Å². The smallest absolute Gasteiger partial charge is 0.349 e. The van der Waals surface area contributed by atoms with Gasteiger partial charge >= 0.3 is 5.97 Å². The van der Waals surface area contributed by atoms with Gasteiger partial charge in [0.05, 0.1) is 7.11 Å². The third-order valence-electron chi connectivity index (χ3n) is 2.45. The first-order chi connectivity index (χ1) is 9.29. The molecular formula is C11H16N2O5S2. The summed E-state index contributed by atoms with van der Waals surface area (Å²) in [5.74, 6) is -1.19. The number of ether oxygens (including phenoxy) is 1. The van der Waals surface area contributed by atoms with Crippen molar-refractivity contribution < 1.29 is 22.7 Å². The molecule has 0 bridgehead atoms. The van der Waals surface area contributed by atoms with Crippen molar-refractivity contribution in [3.05, 3.63) is 15.8 Å². The summed E-state index contributed by atoms with van der Waals surface area (Å²) >= 11 is 1.01. The average molecular weight is 320 g/mol. The molecule has 1 aromatic heterocycles. The van der Waals surface area contributed by atoms with E-state index >= 15 is 0 Å². The molecule has 0 fully saturated rings. The fraction of sp³-hybridized carbons (Fsp3) is 0.455. The number of nitrogens with two attached hydrogens (primary N) is 1. The molecule has 20 heavy (non-hydrogen) atoms. The Bertz CT molecular complexity index is 606. The Hall–Kier alpha value is -1.45. The van der Waals surface area contributed by atoms with Crippen LogP contribution >= 0.6 is 11.3 Å². The standard InChI is InChI=1S/C11H16N2O5S2/c1-7-6-19-9(11(15)18-2)10(7)20(16,17)13-5-3-4-8(12)14/h6,13H,3-5H2,1-2H3,(H2,12,14). The number of primary amides is 1. The Balaban J connectivity index is 2.90. The molecule has 112 valence electrons. The molecule has 7 nitrogen and oxygen atoms in total. The number of sulfonamides is 1. The lowest BCUT2D eigenvalue weighted by Gasteiger charge is -2.08. The summed E-state index contributed by atoms with van der Waals surface area (Å²) in [5.41, 5.74) is 5.44. The summed E-state index contributed by atoms with van der Waals surface area (Å²) in [6, 6.07) is 0. The summed E-state index contributed by atoms with van der Waals surface area (Å²) in [4.78, 5) is 22.1. The van der Waals surface area contributed by atoms with Gasteiger partial charge in [-0.15, -0.1) is 11.3 Å². The lowest BCUT2D eigenvalue weighted by atomic mass is 10.3. The molecule has 0 saturated heterocycles. The summed E-state index contributed by atoms with van der Waals surface area (Å²) < 4.78 is 31.2. The Morgan fingerprint density at radius 1 is 1.45 bits per heavy atom. The summed E-state index contributed by atoms with van der Waals surface area (Å²) in [6.07, 6.45) is 0.389. The zero-order valence-corrected chi connectivity index (χ0v) is 12.8. The van der Waals surface area contributed by atoms with Crippen LogP contribution in [-0.4, -0.2) is 33.9 Å². The van der Waals surface area contributed by atoms with Crippen LogP contribution in [0.5, 0.6) is 0 Å². The van der Waals surface area contributed by atoms with Crippen molar-refractivity contribution in [1.82, 2.24) is 4.72 Å². The van der Waals surface area contributed by atoms with Crippen LogP contribution in [0, 0.1) is 6.92 Å². The first-order valence-electron chi connectivity index (χ1n) is 5.74. The van der Waals surface area contributed by atoms with E-state index in [1.807, 2.05) is 0 Å². The molecule has 0 aliphatic heterocycles. The fourth-order valence-corrected chi connectivity index (χ4v) is 4.32. The zero-order valence-electron chi connectivity index (χ0n) is 11.1. The van der Waals surface area contributed by atoms with Crippen molar-refractivity contribution in [3.8, 4) is 0 Å². The van der Waals surface area contributed by atoms with Crippen molar-refractivity contribution in [3.63, 3.8) is 0 Å². The predicted octanol–water partition coefficient (Wildman–Crippen LogP) is 0.387. The number of thiophene rings is 1. The average Bonchev–Trinajstić information content (AvgIpc) is 2.76. The highest BCUT2D eigenvalue weighted by Crippen LogP contribution is 2.27. The van der Waals surface area contributed by atoms with Gasteiger partial charge in [0.15, 0.2) is 0 Å². The van der Waals surface area contributed by atoms with E-state index in [2.05, 4.69) is 9.46 Å². The van der Waals surface area contributed by atoms with Gasteiger partial charge in [-0.1, -0.05) is 0 Å². The maximum absolute atomic E-state index is 12.2. The maximum atomic E-state index is 12.2. The number of carbonyl (C=O) groups excluding carboxylic acids is 2. The number of rotatable bonds is 7. The molecule has 0 saturated carbocycles. The van der Waals surface area contributed by atoms with E-state index in [1.165, 1.54) is 7.11 Å². The van der Waals surface area contributed by atoms with Gasteiger partial charge in [0, 0.05) is 13.0 Å². The number of esters is 1. The molecule has 0 radical (unpaired) electrons. The molecule has 1 amide bonds. The first-order valence-corrected chi connectivity index (χ1v) is 8.10. The third kappa shape index (κ3) is 4.02. The van der Waals surface area contributed by atoms with Crippen LogP contribution in [0.1, 0.15) is 28.1 Å². The Morgan fingerprint density at radius 2 is 2.10 bits per heavy atom. The van der Waals surface area contributed by atoms with Crippen LogP contribution in [0.2, 0.25) is 0 Å². The second kappa shape index (κ2) is 6.82. The number of aryl methyl sites for hydroxylation is 1. The summed E-state index contributed by atoms with van der Waals surface area (Å²) in [6.45, 7) is 1.67. The normalized spacial score (nSPS) is 11.3. The van der Waals surface area contributed by atoms with E-state index in [1.54, 1.807) is 12.3 Å². The molecule has 0 atom stereocenters. The van der Waals surface area contributed by atoms with E-state index < -0.39 is 21.9 Å². The largest absolute Gasteiger partial charge is 0.465 e. The van der Waals surface area contributed by atoms with Crippen molar-refractivity contribution >= 4 is 33.2 Å². The lowest BCUT2D eigenvalue weighted by Crippen LogP contribution is -2.27. The number of amides is 1. The molecule has 3 N–H and O–H groups in total. The van der Waals surface area contributed by atoms with Gasteiger partial charge in [0.1, 0.15) is 9.77 Å². The SMILES string of the molecule is COC(=O)c1scc(C)c1S(=O)(=O)NCCCC(N)=O. The van der Waals surface area contributed by atoms with Crippen molar-refractivity contribution in [2.24, 2.45) is 5.73 Å². The Kier molecular flexibility index (Phi) is 5.66. The van der Waals surface area contributed by atoms with Crippen LogP contribution < -0.4 is 10.5 Å². The Morgan fingerprint density at radius 3 is 2.65 bits per heavy atom. The molecule has 1 aromatic rings. The molecule has 0 spiro atoms. The highest BCUT2D eigenvalue weighted by Gasteiger charge is 2.27. The quantitative estimate of drug-likeness (QED) is 0.557. The first kappa shape index (κ1) is 16.6. The van der Waals surface area contributed by atoms with Crippen molar-refractivity contribution in [1.29, 1.82) is 0 Å². The van der Waals surface area contributed by atoms with Crippen molar-refractivity contribution in [2.75, 3.05) is 13.7 Å². The van der Waals surface area contributed by atoms with E-state index in [9.17, 15) is 18.0 Å². The predicted molar refractivity (Wildman–Crippen MR) is 74.0 cm³/mol. The lowest BCUT2D eigenvalue weighted by molar-refractivity contribution is -0.118. The minimum absolute atomic E-state index is 0.0346. The van der Waals surface area contributed by atoms with Crippen LogP contribution in [0.15, 0.2) is 10.3 Å². The van der Waals surface area contributed by atoms with Gasteiger partial charge in [-0.25, -0.2) is 17.9 Å². The van der Waals surface area contributed by atoms with Crippen LogP contribution in [-0.2, 0) is 19.6 Å². The van der Waals surface area contributed by atoms with Gasteiger partial charge in [-0.3, -0.25) is 4.79 Å². The maximum Gasteiger partial charge on any atom is 0.349 e. The minimum Gasteiger partial charge on any atom is -0.465 e. The van der Waals surface area contributed by atoms with E-state index in [0.717, 1.165) is 11.3 Å². The van der Waals surface area contributed by atoms with E-state index in [-0.39, 0.29) is 22.7 Å². The van der Waals surface area contributed by atoms with E-state index in [0.29, 0.717) is 12.0 Å². The number of methoxy groups -OCH3 is 1. The van der Waals surface area contributed by atoms with Gasteiger partial charge in [-0.05, 0) is 24.3 Å². The van der Waals surface area contributed by atoms with Gasteiger partial charge in [-0.2, -0.15) is 0 Å². The van der Waals surface area contributed by atoms with Crippen LogP contribution in [0.25, 0.3) is 0 Å². The van der Waals surface area contributed by atoms with Gasteiger partial charge in [0.25, 0.3) is 0 Å². The number of carbonyl (C=O) groups is 2. The number of hydrogen-bond donors (Lipinski definition) is 2. The van der Waals surface area contributed by atoms with Gasteiger partial charge < -0.3 is 10.5 Å². The molecule has 9 heteroatoms. The molecule has 0 unspecified atom stereocenters. The topological polar surface area (TPSA) is 116 Å². The zero-order chi connectivity index (χ0) is 15.3. The second-order valence-electron chi connectivity index (χ2n) is 4.04. The molecule has 1 heterocycles. The molecule has 0 aliphatic rings. The molecule has 0 aliphatic carbocycles. The fourth-order valence-electron chi connectivity index (χ4n) is 1.54.